The molecule has 100 valence electrons. The van der Waals surface area contributed by atoms with Gasteiger partial charge in [-0.15, -0.1) is 0 Å². The molecule has 1 fully saturated rings. The molecule has 0 aliphatic heterocycles. The maximum Gasteiger partial charge on any atom is 0.0627 e. The predicted octanol–water partition coefficient (Wildman–Crippen LogP) is 4.88. The summed E-state index contributed by atoms with van der Waals surface area (Å²) >= 11 is 12.5. The van der Waals surface area contributed by atoms with Crippen LogP contribution in [0.2, 0.25) is 10.0 Å². The minimum atomic E-state index is 0.533. The van der Waals surface area contributed by atoms with Gasteiger partial charge in [-0.25, -0.2) is 0 Å². The number of nitrogens with one attached hydrogen (secondary N) is 1. The van der Waals surface area contributed by atoms with Crippen LogP contribution in [0.4, 0.5) is 0 Å². The molecule has 0 aromatic heterocycles. The molecule has 1 aromatic rings. The van der Waals surface area contributed by atoms with Crippen LogP contribution in [0.3, 0.4) is 0 Å². The van der Waals surface area contributed by atoms with Gasteiger partial charge in [0.25, 0.3) is 0 Å². The molecule has 0 saturated heterocycles. The summed E-state index contributed by atoms with van der Waals surface area (Å²) in [4.78, 5) is 0. The molecule has 1 aromatic carbocycles. The van der Waals surface area contributed by atoms with Crippen LogP contribution in [-0.4, -0.2) is 12.6 Å². The van der Waals surface area contributed by atoms with Crippen LogP contribution in [0.1, 0.15) is 44.6 Å². The topological polar surface area (TPSA) is 12.0 Å². The van der Waals surface area contributed by atoms with Gasteiger partial charge in [-0.1, -0.05) is 49.2 Å². The lowest BCUT2D eigenvalue weighted by atomic mass is 9.89. The highest BCUT2D eigenvalue weighted by Crippen LogP contribution is 2.43. The van der Waals surface area contributed by atoms with E-state index in [0.29, 0.717) is 22.9 Å². The van der Waals surface area contributed by atoms with Crippen molar-refractivity contribution >= 4 is 23.2 Å². The Balaban J connectivity index is 2.13. The molecule has 1 aliphatic carbocycles. The Kier molecular flexibility index (Phi) is 4.94. The van der Waals surface area contributed by atoms with E-state index in [2.05, 4.69) is 25.2 Å². The maximum atomic E-state index is 6.34. The molecular weight excluding hydrogens is 265 g/mol. The van der Waals surface area contributed by atoms with Crippen LogP contribution >= 0.6 is 23.2 Å². The molecule has 1 nitrogen and oxygen atoms in total. The fourth-order valence-corrected chi connectivity index (χ4v) is 3.48. The minimum Gasteiger partial charge on any atom is -0.314 e. The van der Waals surface area contributed by atoms with Crippen LogP contribution in [0.25, 0.3) is 0 Å². The second-order valence-electron chi connectivity index (χ2n) is 5.25. The third-order valence-corrected chi connectivity index (χ3v) is 4.93. The highest BCUT2D eigenvalue weighted by Gasteiger charge is 2.34. The Bertz CT molecular complexity index is 405. The van der Waals surface area contributed by atoms with Gasteiger partial charge in [0, 0.05) is 6.04 Å². The van der Waals surface area contributed by atoms with Crippen molar-refractivity contribution in [3.8, 4) is 0 Å². The third kappa shape index (κ3) is 2.84. The molecule has 0 bridgehead atoms. The highest BCUT2D eigenvalue weighted by molar-refractivity contribution is 6.42. The van der Waals surface area contributed by atoms with Crippen LogP contribution in [0.15, 0.2) is 18.2 Å². The van der Waals surface area contributed by atoms with Gasteiger partial charge in [-0.3, -0.25) is 0 Å². The van der Waals surface area contributed by atoms with Gasteiger partial charge in [0.2, 0.25) is 0 Å². The van der Waals surface area contributed by atoms with Gasteiger partial charge >= 0.3 is 0 Å². The summed E-state index contributed by atoms with van der Waals surface area (Å²) in [5.41, 5.74) is 1.22. The normalized spacial score (nSPS) is 27.7. The van der Waals surface area contributed by atoms with Crippen LogP contribution in [0.5, 0.6) is 0 Å². The fraction of sp³-hybridized carbons (Fsp3) is 0.600. The first kappa shape index (κ1) is 14.2. The van der Waals surface area contributed by atoms with E-state index in [0.717, 1.165) is 11.6 Å². The average molecular weight is 286 g/mol. The number of hydrogen-bond donors (Lipinski definition) is 1. The first-order valence-corrected chi connectivity index (χ1v) is 7.58. The molecule has 0 radical (unpaired) electrons. The van der Waals surface area contributed by atoms with Crippen molar-refractivity contribution in [3.05, 3.63) is 33.8 Å². The van der Waals surface area contributed by atoms with Gasteiger partial charge in [-0.2, -0.15) is 0 Å². The van der Waals surface area contributed by atoms with E-state index in [9.17, 15) is 0 Å². The summed E-state index contributed by atoms with van der Waals surface area (Å²) in [6.45, 7) is 5.63. The summed E-state index contributed by atoms with van der Waals surface area (Å²) in [6.07, 6.45) is 3.61. The van der Waals surface area contributed by atoms with E-state index in [1.807, 2.05) is 12.1 Å². The Morgan fingerprint density at radius 3 is 2.78 bits per heavy atom. The molecular formula is C15H21Cl2N. The first-order valence-electron chi connectivity index (χ1n) is 6.82. The Hall–Kier alpha value is -0.240. The van der Waals surface area contributed by atoms with Crippen molar-refractivity contribution in [2.24, 2.45) is 5.92 Å². The number of halogens is 2. The lowest BCUT2D eigenvalue weighted by Gasteiger charge is -2.23. The lowest BCUT2D eigenvalue weighted by molar-refractivity contribution is 0.405. The van der Waals surface area contributed by atoms with E-state index in [-0.39, 0.29) is 0 Å². The SMILES string of the molecule is CCCNC1CCC(c2cccc(Cl)c2Cl)C1C. The Morgan fingerprint density at radius 1 is 1.28 bits per heavy atom. The van der Waals surface area contributed by atoms with E-state index >= 15 is 0 Å². The molecule has 2 rings (SSSR count). The zero-order valence-corrected chi connectivity index (χ0v) is 12.6. The van der Waals surface area contributed by atoms with E-state index in [1.54, 1.807) is 0 Å². The van der Waals surface area contributed by atoms with Gasteiger partial charge in [0.1, 0.15) is 0 Å². The van der Waals surface area contributed by atoms with Crippen molar-refractivity contribution < 1.29 is 0 Å². The molecule has 3 heteroatoms. The monoisotopic (exact) mass is 285 g/mol. The maximum absolute atomic E-state index is 6.34. The zero-order valence-electron chi connectivity index (χ0n) is 11.0. The van der Waals surface area contributed by atoms with E-state index < -0.39 is 0 Å². The van der Waals surface area contributed by atoms with Crippen LogP contribution in [0, 0.1) is 5.92 Å². The molecule has 18 heavy (non-hydrogen) atoms. The summed E-state index contributed by atoms with van der Waals surface area (Å²) in [6, 6.07) is 6.60. The molecule has 3 atom stereocenters. The molecule has 0 spiro atoms. The number of hydrogen-bond acceptors (Lipinski definition) is 1. The second-order valence-corrected chi connectivity index (χ2v) is 6.03. The number of rotatable bonds is 4. The minimum absolute atomic E-state index is 0.533. The first-order chi connectivity index (χ1) is 8.65. The fourth-order valence-electron chi connectivity index (χ4n) is 3.03. The second kappa shape index (κ2) is 6.27. The summed E-state index contributed by atoms with van der Waals surface area (Å²) in [5.74, 6) is 1.15. The van der Waals surface area contributed by atoms with Crippen molar-refractivity contribution in [1.29, 1.82) is 0 Å². The average Bonchev–Trinajstić information content (AvgIpc) is 2.72. The lowest BCUT2D eigenvalue weighted by Crippen LogP contribution is -2.32. The van der Waals surface area contributed by atoms with Crippen LogP contribution < -0.4 is 5.32 Å². The molecule has 1 N–H and O–H groups in total. The van der Waals surface area contributed by atoms with Crippen molar-refractivity contribution in [2.75, 3.05) is 6.54 Å². The standard InChI is InChI=1S/C15H21Cl2N/c1-3-9-18-14-8-7-11(10(14)2)12-5-4-6-13(16)15(12)17/h4-6,10-11,14,18H,3,7-9H2,1-2H3. The van der Waals surface area contributed by atoms with Gasteiger partial charge in [0.05, 0.1) is 10.0 Å². The largest absolute Gasteiger partial charge is 0.314 e. The molecule has 1 saturated carbocycles. The van der Waals surface area contributed by atoms with E-state index in [4.69, 9.17) is 23.2 Å². The quantitative estimate of drug-likeness (QED) is 0.832. The summed E-state index contributed by atoms with van der Waals surface area (Å²) in [5, 5.41) is 5.05. The summed E-state index contributed by atoms with van der Waals surface area (Å²) < 4.78 is 0. The third-order valence-electron chi connectivity index (χ3n) is 4.10. The smallest absolute Gasteiger partial charge is 0.0627 e. The highest BCUT2D eigenvalue weighted by atomic mass is 35.5. The van der Waals surface area contributed by atoms with Gasteiger partial charge in [-0.05, 0) is 49.3 Å². The Morgan fingerprint density at radius 2 is 2.06 bits per heavy atom. The van der Waals surface area contributed by atoms with E-state index in [1.165, 1.54) is 24.8 Å². The Labute approximate surface area is 120 Å². The summed E-state index contributed by atoms with van der Waals surface area (Å²) in [7, 11) is 0. The number of benzene rings is 1. The predicted molar refractivity (Wildman–Crippen MR) is 79.7 cm³/mol. The van der Waals surface area contributed by atoms with Crippen molar-refractivity contribution in [2.45, 2.75) is 45.1 Å². The zero-order chi connectivity index (χ0) is 13.1. The molecule has 1 aliphatic rings. The van der Waals surface area contributed by atoms with Crippen LogP contribution in [-0.2, 0) is 0 Å². The molecule has 0 heterocycles. The molecule has 0 amide bonds. The van der Waals surface area contributed by atoms with Crippen molar-refractivity contribution in [3.63, 3.8) is 0 Å². The van der Waals surface area contributed by atoms with Crippen molar-refractivity contribution in [1.82, 2.24) is 5.32 Å². The van der Waals surface area contributed by atoms with Gasteiger partial charge in [0.15, 0.2) is 0 Å². The van der Waals surface area contributed by atoms with Gasteiger partial charge < -0.3 is 5.32 Å². The molecule has 3 unspecified atom stereocenters.